The van der Waals surface area contributed by atoms with Crippen LogP contribution < -0.4 is 4.57 Å². The first-order valence-electron chi connectivity index (χ1n) is 7.83. The number of carbonyl (C=O) groups excluding carboxylic acids is 1. The lowest BCUT2D eigenvalue weighted by atomic mass is 10.0. The Balaban J connectivity index is 1.97. The highest BCUT2D eigenvalue weighted by Gasteiger charge is 2.22. The molecule has 0 atom stereocenters. The normalized spacial score (nSPS) is 15.5. The number of carbonyl (C=O) groups is 1. The molecule has 118 valence electrons. The standard InChI is InChI=1S/C19H21N2O2/c1-20-9-7-17(8-10-20)18(15-16-5-3-2-4-6-16)19(22)21-11-13-23-14-12-21/h2-10,15H,11-14H2,1H3/q+1/b18-15+. The largest absolute Gasteiger partial charge is 0.378 e. The van der Waals surface area contributed by atoms with E-state index in [0.717, 1.165) is 16.7 Å². The van der Waals surface area contributed by atoms with E-state index in [1.54, 1.807) is 0 Å². The Bertz CT molecular complexity index is 687. The van der Waals surface area contributed by atoms with Crippen molar-refractivity contribution in [3.63, 3.8) is 0 Å². The molecule has 1 fully saturated rings. The van der Waals surface area contributed by atoms with Gasteiger partial charge in [0.05, 0.1) is 13.2 Å². The van der Waals surface area contributed by atoms with E-state index in [1.165, 1.54) is 0 Å². The van der Waals surface area contributed by atoms with E-state index in [4.69, 9.17) is 4.74 Å². The topological polar surface area (TPSA) is 33.4 Å². The second-order valence-corrected chi connectivity index (χ2v) is 5.63. The molecule has 1 saturated heterocycles. The third kappa shape index (κ3) is 3.85. The number of hydrogen-bond acceptors (Lipinski definition) is 2. The predicted octanol–water partition coefficient (Wildman–Crippen LogP) is 1.91. The van der Waals surface area contributed by atoms with Crippen molar-refractivity contribution in [3.8, 4) is 0 Å². The summed E-state index contributed by atoms with van der Waals surface area (Å²) in [5.74, 6) is 0.0611. The van der Waals surface area contributed by atoms with Gasteiger partial charge in [0.15, 0.2) is 12.4 Å². The summed E-state index contributed by atoms with van der Waals surface area (Å²) in [7, 11) is 1.97. The molecule has 0 saturated carbocycles. The second kappa shape index (κ2) is 7.20. The van der Waals surface area contributed by atoms with E-state index in [2.05, 4.69) is 0 Å². The van der Waals surface area contributed by atoms with Crippen LogP contribution in [0.25, 0.3) is 11.6 Å². The summed E-state index contributed by atoms with van der Waals surface area (Å²) in [6.45, 7) is 2.50. The first-order chi connectivity index (χ1) is 11.2. The molecule has 23 heavy (non-hydrogen) atoms. The lowest BCUT2D eigenvalue weighted by Gasteiger charge is -2.27. The SMILES string of the molecule is C[n+]1ccc(/C(=C\c2ccccc2)C(=O)N2CCOCC2)cc1. The van der Waals surface area contributed by atoms with Gasteiger partial charge in [-0.15, -0.1) is 0 Å². The third-order valence-electron chi connectivity index (χ3n) is 3.93. The molecule has 0 aliphatic carbocycles. The number of nitrogens with zero attached hydrogens (tertiary/aromatic N) is 2. The molecule has 2 heterocycles. The lowest BCUT2D eigenvalue weighted by Crippen LogP contribution is -2.41. The van der Waals surface area contributed by atoms with Gasteiger partial charge >= 0.3 is 0 Å². The number of aryl methyl sites for hydroxylation is 1. The van der Waals surface area contributed by atoms with Crippen LogP contribution in [0.4, 0.5) is 0 Å². The van der Waals surface area contributed by atoms with Crippen molar-refractivity contribution in [2.24, 2.45) is 7.05 Å². The molecule has 4 heteroatoms. The van der Waals surface area contributed by atoms with Gasteiger partial charge in [-0.3, -0.25) is 4.79 Å². The van der Waals surface area contributed by atoms with E-state index < -0.39 is 0 Å². The van der Waals surface area contributed by atoms with E-state index in [-0.39, 0.29) is 5.91 Å². The van der Waals surface area contributed by atoms with Crippen molar-refractivity contribution in [2.45, 2.75) is 0 Å². The van der Waals surface area contributed by atoms with Gasteiger partial charge in [0, 0.05) is 30.8 Å². The predicted molar refractivity (Wildman–Crippen MR) is 89.3 cm³/mol. The molecule has 3 rings (SSSR count). The van der Waals surface area contributed by atoms with Crippen molar-refractivity contribution in [1.29, 1.82) is 0 Å². The minimum Gasteiger partial charge on any atom is -0.378 e. The Hall–Kier alpha value is -2.46. The fraction of sp³-hybridized carbons (Fsp3) is 0.263. The number of rotatable bonds is 3. The maximum absolute atomic E-state index is 13.0. The molecule has 0 spiro atoms. The summed E-state index contributed by atoms with van der Waals surface area (Å²) in [6, 6.07) is 13.9. The Morgan fingerprint density at radius 2 is 1.74 bits per heavy atom. The van der Waals surface area contributed by atoms with Crippen molar-refractivity contribution in [1.82, 2.24) is 4.90 Å². The van der Waals surface area contributed by atoms with Gasteiger partial charge < -0.3 is 9.64 Å². The number of pyridine rings is 1. The molecular weight excluding hydrogens is 288 g/mol. The lowest BCUT2D eigenvalue weighted by molar-refractivity contribution is -0.671. The summed E-state index contributed by atoms with van der Waals surface area (Å²) in [4.78, 5) is 14.8. The Morgan fingerprint density at radius 3 is 2.39 bits per heavy atom. The first-order valence-corrected chi connectivity index (χ1v) is 7.83. The van der Waals surface area contributed by atoms with Crippen LogP contribution in [0.1, 0.15) is 11.1 Å². The summed E-state index contributed by atoms with van der Waals surface area (Å²) in [5, 5.41) is 0. The minimum absolute atomic E-state index is 0.0611. The fourth-order valence-electron chi connectivity index (χ4n) is 2.60. The van der Waals surface area contributed by atoms with Gasteiger partial charge in [0.1, 0.15) is 7.05 Å². The van der Waals surface area contributed by atoms with Crippen molar-refractivity contribution < 1.29 is 14.1 Å². The molecule has 1 aliphatic rings. The van der Waals surface area contributed by atoms with Crippen LogP contribution in [0, 0.1) is 0 Å². The third-order valence-corrected chi connectivity index (χ3v) is 3.93. The quantitative estimate of drug-likeness (QED) is 0.641. The molecule has 0 bridgehead atoms. The molecule has 1 aromatic carbocycles. The highest BCUT2D eigenvalue weighted by molar-refractivity contribution is 6.24. The van der Waals surface area contributed by atoms with Crippen LogP contribution in [0.15, 0.2) is 54.9 Å². The molecule has 0 N–H and O–H groups in total. The average Bonchev–Trinajstić information content (AvgIpc) is 2.62. The van der Waals surface area contributed by atoms with Crippen LogP contribution in [0.5, 0.6) is 0 Å². The van der Waals surface area contributed by atoms with Gasteiger partial charge in [-0.25, -0.2) is 4.57 Å². The molecule has 4 nitrogen and oxygen atoms in total. The van der Waals surface area contributed by atoms with Crippen LogP contribution in [-0.4, -0.2) is 37.1 Å². The first kappa shape index (κ1) is 15.4. The fourth-order valence-corrected chi connectivity index (χ4v) is 2.60. The summed E-state index contributed by atoms with van der Waals surface area (Å²) in [5.41, 5.74) is 2.68. The maximum atomic E-state index is 13.0. The number of aromatic nitrogens is 1. The Kier molecular flexibility index (Phi) is 4.83. The molecular formula is C19H21N2O2+. The number of morpholine rings is 1. The zero-order valence-corrected chi connectivity index (χ0v) is 13.3. The van der Waals surface area contributed by atoms with Crippen LogP contribution >= 0.6 is 0 Å². The molecule has 0 unspecified atom stereocenters. The van der Waals surface area contributed by atoms with Crippen molar-refractivity contribution in [3.05, 3.63) is 66.0 Å². The number of benzene rings is 1. The van der Waals surface area contributed by atoms with Gasteiger partial charge in [-0.05, 0) is 17.2 Å². The molecule has 1 amide bonds. The monoisotopic (exact) mass is 309 g/mol. The summed E-state index contributed by atoms with van der Waals surface area (Å²) < 4.78 is 7.31. The van der Waals surface area contributed by atoms with E-state index in [9.17, 15) is 4.79 Å². The highest BCUT2D eigenvalue weighted by Crippen LogP contribution is 2.20. The smallest absolute Gasteiger partial charge is 0.254 e. The highest BCUT2D eigenvalue weighted by atomic mass is 16.5. The molecule has 2 aromatic rings. The van der Waals surface area contributed by atoms with Crippen molar-refractivity contribution in [2.75, 3.05) is 26.3 Å². The molecule has 1 aliphatic heterocycles. The van der Waals surface area contributed by atoms with Crippen molar-refractivity contribution >= 4 is 17.6 Å². The Morgan fingerprint density at radius 1 is 1.09 bits per heavy atom. The zero-order chi connectivity index (χ0) is 16.1. The van der Waals surface area contributed by atoms with Gasteiger partial charge in [0.2, 0.25) is 0 Å². The number of hydrogen-bond donors (Lipinski definition) is 0. The summed E-state index contributed by atoms with van der Waals surface area (Å²) in [6.07, 6.45) is 5.88. The second-order valence-electron chi connectivity index (χ2n) is 5.63. The van der Waals surface area contributed by atoms with Crippen LogP contribution in [0.3, 0.4) is 0 Å². The van der Waals surface area contributed by atoms with Gasteiger partial charge in [-0.1, -0.05) is 30.3 Å². The maximum Gasteiger partial charge on any atom is 0.254 e. The van der Waals surface area contributed by atoms with Gasteiger partial charge in [0.25, 0.3) is 5.91 Å². The van der Waals surface area contributed by atoms with Crippen LogP contribution in [-0.2, 0) is 16.6 Å². The minimum atomic E-state index is 0.0611. The number of amides is 1. The van der Waals surface area contributed by atoms with E-state index in [1.807, 2.05) is 77.4 Å². The molecule has 1 aromatic heterocycles. The van der Waals surface area contributed by atoms with Gasteiger partial charge in [-0.2, -0.15) is 0 Å². The summed E-state index contributed by atoms with van der Waals surface area (Å²) >= 11 is 0. The van der Waals surface area contributed by atoms with E-state index in [0.29, 0.717) is 26.3 Å². The Labute approximate surface area is 136 Å². The zero-order valence-electron chi connectivity index (χ0n) is 13.3. The average molecular weight is 309 g/mol. The molecule has 0 radical (unpaired) electrons. The van der Waals surface area contributed by atoms with E-state index >= 15 is 0 Å². The van der Waals surface area contributed by atoms with Crippen LogP contribution in [0.2, 0.25) is 0 Å². The number of ether oxygens (including phenoxy) is 1.